The van der Waals surface area contributed by atoms with Crippen molar-refractivity contribution in [2.24, 2.45) is 0 Å². The molecule has 0 atom stereocenters. The molecule has 0 bridgehead atoms. The summed E-state index contributed by atoms with van der Waals surface area (Å²) in [6.45, 7) is 9.23. The number of ether oxygens (including phenoxy) is 2. The number of benzene rings is 1. The Morgan fingerprint density at radius 1 is 1.24 bits per heavy atom. The molecule has 0 aliphatic carbocycles. The first kappa shape index (κ1) is 17.1. The highest BCUT2D eigenvalue weighted by molar-refractivity contribution is 5.81. The zero-order valence-electron chi connectivity index (χ0n) is 13.6. The van der Waals surface area contributed by atoms with E-state index in [4.69, 9.17) is 9.47 Å². The van der Waals surface area contributed by atoms with Gasteiger partial charge in [0.1, 0.15) is 11.5 Å². The second-order valence-electron chi connectivity index (χ2n) is 4.98. The molecule has 0 radical (unpaired) electrons. The highest BCUT2D eigenvalue weighted by Gasteiger charge is 2.13. The van der Waals surface area contributed by atoms with Crippen molar-refractivity contribution in [3.05, 3.63) is 18.2 Å². The minimum absolute atomic E-state index is 0.0364. The average Bonchev–Trinajstić information content (AvgIpc) is 2.46. The molecule has 118 valence electrons. The number of carbonyl (C=O) groups is 1. The van der Waals surface area contributed by atoms with Gasteiger partial charge < -0.3 is 19.7 Å². The molecule has 0 aliphatic heterocycles. The van der Waals surface area contributed by atoms with Crippen molar-refractivity contribution >= 4 is 11.6 Å². The lowest BCUT2D eigenvalue weighted by Crippen LogP contribution is -2.37. The molecule has 0 unspecified atom stereocenters. The van der Waals surface area contributed by atoms with Crippen LogP contribution in [0.25, 0.3) is 0 Å². The maximum atomic E-state index is 12.0. The molecule has 0 saturated heterocycles. The Labute approximate surface area is 127 Å². The second-order valence-corrected chi connectivity index (χ2v) is 4.98. The predicted molar refractivity (Wildman–Crippen MR) is 85.2 cm³/mol. The Balaban J connectivity index is 2.79. The van der Waals surface area contributed by atoms with Crippen LogP contribution >= 0.6 is 0 Å². The number of carbonyl (C=O) groups excluding carboxylic acids is 1. The third-order valence-electron chi connectivity index (χ3n) is 3.16. The molecule has 0 aromatic heterocycles. The fraction of sp³-hybridized carbons (Fsp3) is 0.562. The van der Waals surface area contributed by atoms with Crippen LogP contribution in [-0.2, 0) is 4.79 Å². The lowest BCUT2D eigenvalue weighted by atomic mass is 10.2. The van der Waals surface area contributed by atoms with Gasteiger partial charge in [-0.3, -0.25) is 4.79 Å². The van der Waals surface area contributed by atoms with Gasteiger partial charge in [0.2, 0.25) is 5.91 Å². The van der Waals surface area contributed by atoms with E-state index in [2.05, 4.69) is 5.32 Å². The number of hydrogen-bond acceptors (Lipinski definition) is 4. The lowest BCUT2D eigenvalue weighted by molar-refractivity contribution is -0.129. The van der Waals surface area contributed by atoms with Crippen LogP contribution in [0.5, 0.6) is 11.5 Å². The van der Waals surface area contributed by atoms with Gasteiger partial charge in [-0.1, -0.05) is 0 Å². The third-order valence-corrected chi connectivity index (χ3v) is 3.16. The van der Waals surface area contributed by atoms with E-state index in [0.717, 1.165) is 17.2 Å². The van der Waals surface area contributed by atoms with E-state index >= 15 is 0 Å². The highest BCUT2D eigenvalue weighted by Crippen LogP contribution is 2.29. The van der Waals surface area contributed by atoms with Gasteiger partial charge in [0, 0.05) is 19.2 Å². The van der Waals surface area contributed by atoms with Gasteiger partial charge in [0.05, 0.1) is 25.4 Å². The van der Waals surface area contributed by atoms with E-state index in [1.54, 1.807) is 11.9 Å². The van der Waals surface area contributed by atoms with Crippen LogP contribution in [0.3, 0.4) is 0 Å². The second kappa shape index (κ2) is 8.39. The standard InChI is InChI=1S/C16H26N2O3/c1-6-20-13-8-9-15(21-7-2)14(10-13)17-11-16(19)18(5)12(3)4/h8-10,12,17H,6-7,11H2,1-5H3. The predicted octanol–water partition coefficient (Wildman–Crippen LogP) is 2.76. The van der Waals surface area contributed by atoms with E-state index < -0.39 is 0 Å². The summed E-state index contributed by atoms with van der Waals surface area (Å²) in [7, 11) is 1.80. The normalized spacial score (nSPS) is 10.4. The lowest BCUT2D eigenvalue weighted by Gasteiger charge is -2.22. The molecule has 0 heterocycles. The smallest absolute Gasteiger partial charge is 0.241 e. The van der Waals surface area contributed by atoms with Crippen molar-refractivity contribution in [3.63, 3.8) is 0 Å². The Morgan fingerprint density at radius 3 is 2.48 bits per heavy atom. The molecule has 21 heavy (non-hydrogen) atoms. The van der Waals surface area contributed by atoms with E-state index in [9.17, 15) is 4.79 Å². The fourth-order valence-corrected chi connectivity index (χ4v) is 1.77. The molecule has 1 amide bonds. The molecule has 0 aliphatic rings. The summed E-state index contributed by atoms with van der Waals surface area (Å²) in [5.41, 5.74) is 0.772. The van der Waals surface area contributed by atoms with Crippen LogP contribution in [0, 0.1) is 0 Å². The van der Waals surface area contributed by atoms with Crippen molar-refractivity contribution in [2.75, 3.05) is 32.1 Å². The van der Waals surface area contributed by atoms with Crippen LogP contribution in [-0.4, -0.2) is 43.7 Å². The van der Waals surface area contributed by atoms with Crippen molar-refractivity contribution < 1.29 is 14.3 Å². The van der Waals surface area contributed by atoms with Crippen LogP contribution in [0.2, 0.25) is 0 Å². The van der Waals surface area contributed by atoms with Crippen LogP contribution in [0.1, 0.15) is 27.7 Å². The average molecular weight is 294 g/mol. The van der Waals surface area contributed by atoms with Crippen molar-refractivity contribution in [1.29, 1.82) is 0 Å². The minimum atomic E-state index is 0.0364. The largest absolute Gasteiger partial charge is 0.494 e. The number of anilines is 1. The summed E-state index contributed by atoms with van der Waals surface area (Å²) in [4.78, 5) is 13.7. The van der Waals surface area contributed by atoms with Gasteiger partial charge in [-0.25, -0.2) is 0 Å². The van der Waals surface area contributed by atoms with Gasteiger partial charge >= 0.3 is 0 Å². The Hall–Kier alpha value is -1.91. The summed E-state index contributed by atoms with van der Waals surface area (Å²) in [5, 5.41) is 3.14. The molecule has 5 nitrogen and oxygen atoms in total. The first-order chi connectivity index (χ1) is 9.99. The number of hydrogen-bond donors (Lipinski definition) is 1. The van der Waals surface area contributed by atoms with Gasteiger partial charge in [-0.15, -0.1) is 0 Å². The molecular formula is C16H26N2O3. The number of likely N-dealkylation sites (N-methyl/N-ethyl adjacent to an activating group) is 1. The van der Waals surface area contributed by atoms with Gasteiger partial charge in [0.25, 0.3) is 0 Å². The maximum absolute atomic E-state index is 12.0. The zero-order valence-corrected chi connectivity index (χ0v) is 13.6. The Kier molecular flexibility index (Phi) is 6.85. The van der Waals surface area contributed by atoms with Gasteiger partial charge in [0.15, 0.2) is 0 Å². The summed E-state index contributed by atoms with van der Waals surface area (Å²) < 4.78 is 11.0. The van der Waals surface area contributed by atoms with Crippen LogP contribution in [0.15, 0.2) is 18.2 Å². The molecule has 1 aromatic carbocycles. The molecular weight excluding hydrogens is 268 g/mol. The summed E-state index contributed by atoms with van der Waals surface area (Å²) >= 11 is 0. The van der Waals surface area contributed by atoms with E-state index in [-0.39, 0.29) is 18.5 Å². The minimum Gasteiger partial charge on any atom is -0.494 e. The molecule has 1 rings (SSSR count). The van der Waals surface area contributed by atoms with Crippen molar-refractivity contribution in [1.82, 2.24) is 4.90 Å². The maximum Gasteiger partial charge on any atom is 0.241 e. The van der Waals surface area contributed by atoms with Gasteiger partial charge in [-0.05, 0) is 39.8 Å². The number of amides is 1. The van der Waals surface area contributed by atoms with Crippen molar-refractivity contribution in [3.8, 4) is 11.5 Å². The van der Waals surface area contributed by atoms with Gasteiger partial charge in [-0.2, -0.15) is 0 Å². The van der Waals surface area contributed by atoms with E-state index in [0.29, 0.717) is 13.2 Å². The SMILES string of the molecule is CCOc1ccc(OCC)c(NCC(=O)N(C)C(C)C)c1. The van der Waals surface area contributed by atoms with Crippen LogP contribution < -0.4 is 14.8 Å². The fourth-order valence-electron chi connectivity index (χ4n) is 1.77. The first-order valence-corrected chi connectivity index (χ1v) is 7.38. The first-order valence-electron chi connectivity index (χ1n) is 7.38. The van der Waals surface area contributed by atoms with Crippen molar-refractivity contribution in [2.45, 2.75) is 33.7 Å². The zero-order chi connectivity index (χ0) is 15.8. The third kappa shape index (κ3) is 5.17. The highest BCUT2D eigenvalue weighted by atomic mass is 16.5. The molecule has 0 fully saturated rings. The molecule has 1 N–H and O–H groups in total. The summed E-state index contributed by atoms with van der Waals surface area (Å²) in [5.74, 6) is 1.52. The quantitative estimate of drug-likeness (QED) is 0.801. The number of nitrogens with zero attached hydrogens (tertiary/aromatic N) is 1. The summed E-state index contributed by atoms with van der Waals surface area (Å²) in [6.07, 6.45) is 0. The van der Waals surface area contributed by atoms with E-state index in [1.165, 1.54) is 0 Å². The number of rotatable bonds is 8. The number of nitrogens with one attached hydrogen (secondary N) is 1. The molecule has 5 heteroatoms. The van der Waals surface area contributed by atoms with Crippen LogP contribution in [0.4, 0.5) is 5.69 Å². The molecule has 0 spiro atoms. The molecule has 1 aromatic rings. The Bertz CT molecular complexity index is 461. The topological polar surface area (TPSA) is 50.8 Å². The monoisotopic (exact) mass is 294 g/mol. The Morgan fingerprint density at radius 2 is 1.90 bits per heavy atom. The molecule has 0 saturated carbocycles. The van der Waals surface area contributed by atoms with E-state index in [1.807, 2.05) is 45.9 Å². The summed E-state index contributed by atoms with van der Waals surface area (Å²) in [6, 6.07) is 5.76.